The Kier molecular flexibility index (Phi) is 9.60. The van der Waals surface area contributed by atoms with Crippen molar-refractivity contribution in [2.75, 3.05) is 20.2 Å². The number of carbonyl (C=O) groups is 2. The molecule has 0 atom stereocenters. The molecule has 0 saturated heterocycles. The van der Waals surface area contributed by atoms with Gasteiger partial charge in [0.05, 0.1) is 0 Å². The Labute approximate surface area is 191 Å². The van der Waals surface area contributed by atoms with E-state index in [9.17, 15) is 9.59 Å². The molecule has 0 aliphatic heterocycles. The van der Waals surface area contributed by atoms with E-state index in [4.69, 9.17) is 4.74 Å². The molecule has 5 heteroatoms. The molecular formula is C27H36N2O3. The zero-order valence-corrected chi connectivity index (χ0v) is 19.2. The smallest absolute Gasteiger partial charge is 0.407 e. The average molecular weight is 437 g/mol. The van der Waals surface area contributed by atoms with Crippen molar-refractivity contribution in [1.82, 2.24) is 10.6 Å². The van der Waals surface area contributed by atoms with E-state index in [1.54, 1.807) is 7.05 Å². The number of ether oxygens (including phenoxy) is 1. The Bertz CT molecular complexity index is 835. The number of amides is 2. The standard InChI is InChI=1S/C27H36N2O3/c1-28-26(30)18-8-6-4-2-3-5-7-13-19-29-27(31)32-20-25-23-16-11-9-14-21(23)22-15-10-12-17-24(22)25/h9-12,14-17,25H,2-8,13,18-20H2,1H3,(H,28,30)(H,29,31). The van der Waals surface area contributed by atoms with Gasteiger partial charge in [-0.25, -0.2) is 4.79 Å². The minimum absolute atomic E-state index is 0.101. The maximum atomic E-state index is 12.2. The Morgan fingerprint density at radius 1 is 0.781 bits per heavy atom. The van der Waals surface area contributed by atoms with E-state index in [-0.39, 0.29) is 17.9 Å². The van der Waals surface area contributed by atoms with Gasteiger partial charge in [0.2, 0.25) is 5.91 Å². The molecule has 0 radical (unpaired) electrons. The molecule has 32 heavy (non-hydrogen) atoms. The second-order valence-corrected chi connectivity index (χ2v) is 8.50. The Balaban J connectivity index is 1.25. The summed E-state index contributed by atoms with van der Waals surface area (Å²) in [6, 6.07) is 16.7. The van der Waals surface area contributed by atoms with E-state index in [0.29, 0.717) is 19.6 Å². The van der Waals surface area contributed by atoms with Gasteiger partial charge in [0.15, 0.2) is 0 Å². The van der Waals surface area contributed by atoms with Crippen molar-refractivity contribution >= 4 is 12.0 Å². The average Bonchev–Trinajstić information content (AvgIpc) is 3.14. The van der Waals surface area contributed by atoms with Crippen molar-refractivity contribution in [1.29, 1.82) is 0 Å². The fourth-order valence-corrected chi connectivity index (χ4v) is 4.44. The monoisotopic (exact) mass is 436 g/mol. The molecule has 2 N–H and O–H groups in total. The van der Waals surface area contributed by atoms with Crippen LogP contribution in [0, 0.1) is 0 Å². The minimum atomic E-state index is -0.331. The molecule has 5 nitrogen and oxygen atoms in total. The van der Waals surface area contributed by atoms with Gasteiger partial charge < -0.3 is 15.4 Å². The highest BCUT2D eigenvalue weighted by molar-refractivity contribution is 5.79. The van der Waals surface area contributed by atoms with Crippen molar-refractivity contribution in [2.24, 2.45) is 0 Å². The lowest BCUT2D eigenvalue weighted by molar-refractivity contribution is -0.120. The van der Waals surface area contributed by atoms with Gasteiger partial charge >= 0.3 is 6.09 Å². The van der Waals surface area contributed by atoms with E-state index in [1.807, 2.05) is 12.1 Å². The van der Waals surface area contributed by atoms with Gasteiger partial charge in [0.25, 0.3) is 0 Å². The normalized spacial score (nSPS) is 12.2. The second kappa shape index (κ2) is 12.9. The molecule has 2 aromatic carbocycles. The lowest BCUT2D eigenvalue weighted by atomic mass is 9.98. The highest BCUT2D eigenvalue weighted by atomic mass is 16.5. The van der Waals surface area contributed by atoms with Crippen LogP contribution >= 0.6 is 0 Å². The van der Waals surface area contributed by atoms with Gasteiger partial charge in [-0.1, -0.05) is 87.1 Å². The van der Waals surface area contributed by atoms with Crippen LogP contribution in [0.3, 0.4) is 0 Å². The van der Waals surface area contributed by atoms with Gasteiger partial charge in [-0.3, -0.25) is 4.79 Å². The van der Waals surface area contributed by atoms with Gasteiger partial charge in [0.1, 0.15) is 6.61 Å². The third-order valence-electron chi connectivity index (χ3n) is 6.22. The van der Waals surface area contributed by atoms with Gasteiger partial charge in [-0.15, -0.1) is 0 Å². The van der Waals surface area contributed by atoms with Crippen LogP contribution in [0.5, 0.6) is 0 Å². The van der Waals surface area contributed by atoms with Crippen molar-refractivity contribution in [3.05, 3.63) is 59.7 Å². The first kappa shape index (κ1) is 23.8. The molecule has 172 valence electrons. The van der Waals surface area contributed by atoms with Gasteiger partial charge in [-0.2, -0.15) is 0 Å². The van der Waals surface area contributed by atoms with Crippen LogP contribution in [0.15, 0.2) is 48.5 Å². The fourth-order valence-electron chi connectivity index (χ4n) is 4.44. The van der Waals surface area contributed by atoms with Crippen LogP contribution in [-0.2, 0) is 9.53 Å². The van der Waals surface area contributed by atoms with Gasteiger partial charge in [-0.05, 0) is 35.1 Å². The number of alkyl carbamates (subject to hydrolysis) is 1. The molecule has 0 aromatic heterocycles. The minimum Gasteiger partial charge on any atom is -0.449 e. The molecular weight excluding hydrogens is 400 g/mol. The number of hydrogen-bond acceptors (Lipinski definition) is 3. The van der Waals surface area contributed by atoms with E-state index < -0.39 is 0 Å². The number of carbonyl (C=O) groups excluding carboxylic acids is 2. The van der Waals surface area contributed by atoms with E-state index >= 15 is 0 Å². The van der Waals surface area contributed by atoms with Crippen LogP contribution in [0.1, 0.15) is 74.8 Å². The molecule has 0 heterocycles. The SMILES string of the molecule is CNC(=O)CCCCCCCCCCNC(=O)OCC1c2ccccc2-c2ccccc21. The summed E-state index contributed by atoms with van der Waals surface area (Å²) < 4.78 is 5.57. The highest BCUT2D eigenvalue weighted by Crippen LogP contribution is 2.44. The molecule has 2 aromatic rings. The van der Waals surface area contributed by atoms with Gasteiger partial charge in [0, 0.05) is 25.9 Å². The fraction of sp³-hybridized carbons (Fsp3) is 0.481. The third kappa shape index (κ3) is 6.84. The van der Waals surface area contributed by atoms with Crippen LogP contribution in [0.4, 0.5) is 4.79 Å². The molecule has 2 amide bonds. The Morgan fingerprint density at radius 2 is 1.31 bits per heavy atom. The lowest BCUT2D eigenvalue weighted by Crippen LogP contribution is -2.27. The van der Waals surface area contributed by atoms with E-state index in [1.165, 1.54) is 47.9 Å². The van der Waals surface area contributed by atoms with E-state index in [0.717, 1.165) is 25.7 Å². The first-order valence-electron chi connectivity index (χ1n) is 12.0. The molecule has 3 rings (SSSR count). The summed E-state index contributed by atoms with van der Waals surface area (Å²) >= 11 is 0. The number of rotatable bonds is 13. The van der Waals surface area contributed by atoms with Crippen molar-refractivity contribution in [3.8, 4) is 11.1 Å². The number of hydrogen-bond donors (Lipinski definition) is 2. The lowest BCUT2D eigenvalue weighted by Gasteiger charge is -2.14. The molecule has 0 saturated carbocycles. The molecule has 0 spiro atoms. The summed E-state index contributed by atoms with van der Waals surface area (Å²) in [6.45, 7) is 1.02. The third-order valence-corrected chi connectivity index (χ3v) is 6.22. The van der Waals surface area contributed by atoms with Crippen LogP contribution in [-0.4, -0.2) is 32.2 Å². The summed E-state index contributed by atoms with van der Waals surface area (Å²) in [4.78, 5) is 23.3. The Hall–Kier alpha value is -2.82. The number of fused-ring (bicyclic) bond motifs is 3. The van der Waals surface area contributed by atoms with Crippen molar-refractivity contribution in [2.45, 2.75) is 63.7 Å². The van der Waals surface area contributed by atoms with E-state index in [2.05, 4.69) is 47.0 Å². The molecule has 1 aliphatic carbocycles. The van der Waals surface area contributed by atoms with Crippen molar-refractivity contribution < 1.29 is 14.3 Å². The van der Waals surface area contributed by atoms with Crippen LogP contribution < -0.4 is 10.6 Å². The first-order valence-corrected chi connectivity index (χ1v) is 12.0. The topological polar surface area (TPSA) is 67.4 Å². The quantitative estimate of drug-likeness (QED) is 0.391. The summed E-state index contributed by atoms with van der Waals surface area (Å²) in [5, 5.41) is 5.55. The maximum absolute atomic E-state index is 12.2. The maximum Gasteiger partial charge on any atom is 0.407 e. The predicted molar refractivity (Wildman–Crippen MR) is 129 cm³/mol. The molecule has 0 bridgehead atoms. The predicted octanol–water partition coefficient (Wildman–Crippen LogP) is 5.78. The second-order valence-electron chi connectivity index (χ2n) is 8.50. The molecule has 0 unspecified atom stereocenters. The zero-order chi connectivity index (χ0) is 22.6. The summed E-state index contributed by atoms with van der Waals surface area (Å²) in [6.07, 6.45) is 9.29. The largest absolute Gasteiger partial charge is 0.449 e. The summed E-state index contributed by atoms with van der Waals surface area (Å²) in [7, 11) is 1.69. The number of unbranched alkanes of at least 4 members (excludes halogenated alkanes) is 7. The van der Waals surface area contributed by atoms with Crippen LogP contribution in [0.2, 0.25) is 0 Å². The van der Waals surface area contributed by atoms with Crippen LogP contribution in [0.25, 0.3) is 11.1 Å². The number of benzene rings is 2. The highest BCUT2D eigenvalue weighted by Gasteiger charge is 2.28. The molecule has 1 aliphatic rings. The first-order chi connectivity index (χ1) is 15.7. The molecule has 0 fully saturated rings. The Morgan fingerprint density at radius 3 is 1.91 bits per heavy atom. The number of nitrogens with one attached hydrogen (secondary N) is 2. The zero-order valence-electron chi connectivity index (χ0n) is 19.2. The summed E-state index contributed by atoms with van der Waals surface area (Å²) in [5.41, 5.74) is 4.94. The summed E-state index contributed by atoms with van der Waals surface area (Å²) in [5.74, 6) is 0.235. The van der Waals surface area contributed by atoms with Crippen molar-refractivity contribution in [3.63, 3.8) is 0 Å².